The van der Waals surface area contributed by atoms with Gasteiger partial charge in [0.15, 0.2) is 0 Å². The summed E-state index contributed by atoms with van der Waals surface area (Å²) in [5, 5.41) is 18.3. The molecule has 158 valence electrons. The number of pyridine rings is 3. The van der Waals surface area contributed by atoms with E-state index in [1.165, 1.54) is 0 Å². The van der Waals surface area contributed by atoms with Gasteiger partial charge in [-0.15, -0.1) is 0 Å². The minimum atomic E-state index is 0.294. The van der Waals surface area contributed by atoms with E-state index in [1.54, 1.807) is 31.0 Å². The van der Waals surface area contributed by atoms with Crippen LogP contribution in [0.15, 0.2) is 91.3 Å². The maximum absolute atomic E-state index is 9.22. The predicted octanol–water partition coefficient (Wildman–Crippen LogP) is 5.24. The Hall–Kier alpha value is -4.65. The fraction of sp³-hybridized carbons (Fsp3) is 0.0385. The van der Waals surface area contributed by atoms with E-state index in [4.69, 9.17) is 5.41 Å². The molecular weight excluding hydrogens is 410 g/mol. The lowest BCUT2D eigenvalue weighted by atomic mass is 10.0. The summed E-state index contributed by atoms with van der Waals surface area (Å²) in [6.45, 7) is 2.01. The summed E-state index contributed by atoms with van der Waals surface area (Å²) in [6.07, 6.45) is 8.68. The fourth-order valence-corrected chi connectivity index (χ4v) is 4.47. The van der Waals surface area contributed by atoms with Gasteiger partial charge in [0.1, 0.15) is 11.7 Å². The monoisotopic (exact) mass is 429 g/mol. The molecule has 7 heteroatoms. The molecule has 4 aromatic rings. The number of anilines is 4. The normalized spacial score (nSPS) is 16.9. The van der Waals surface area contributed by atoms with Crippen LogP contribution >= 0.6 is 0 Å². The lowest BCUT2D eigenvalue weighted by Crippen LogP contribution is -2.24. The first-order valence-electron chi connectivity index (χ1n) is 10.5. The third kappa shape index (κ3) is 2.79. The fourth-order valence-electron chi connectivity index (χ4n) is 4.47. The van der Waals surface area contributed by atoms with Crippen LogP contribution < -0.4 is 9.80 Å². The van der Waals surface area contributed by atoms with Crippen LogP contribution in [0.3, 0.4) is 0 Å². The third-order valence-electron chi connectivity index (χ3n) is 5.92. The SMILES string of the molecule is Cc1ccnc(N2/C(=C3/C(=N)N(c4ccccc4)c4ccncc43)C(=N)c3cnccc32)c1. The summed E-state index contributed by atoms with van der Waals surface area (Å²) in [6, 6.07) is 17.5. The van der Waals surface area contributed by atoms with Crippen molar-refractivity contribution >= 4 is 40.0 Å². The summed E-state index contributed by atoms with van der Waals surface area (Å²) in [4.78, 5) is 17.1. The van der Waals surface area contributed by atoms with Crippen LogP contribution in [0.2, 0.25) is 0 Å². The molecule has 3 aromatic heterocycles. The van der Waals surface area contributed by atoms with Crippen LogP contribution in [0.25, 0.3) is 5.57 Å². The average Bonchev–Trinajstić information content (AvgIpc) is 3.30. The van der Waals surface area contributed by atoms with Crippen molar-refractivity contribution in [1.82, 2.24) is 15.0 Å². The Morgan fingerprint density at radius 2 is 1.45 bits per heavy atom. The largest absolute Gasteiger partial charge is 0.298 e. The van der Waals surface area contributed by atoms with Crippen LogP contribution in [0.1, 0.15) is 16.7 Å². The highest BCUT2D eigenvalue weighted by molar-refractivity contribution is 6.42. The zero-order valence-corrected chi connectivity index (χ0v) is 17.8. The molecule has 0 saturated carbocycles. The van der Waals surface area contributed by atoms with Gasteiger partial charge in [-0.05, 0) is 48.9 Å². The molecule has 2 aliphatic heterocycles. The molecule has 6 rings (SSSR count). The van der Waals surface area contributed by atoms with E-state index in [9.17, 15) is 5.41 Å². The molecule has 0 bridgehead atoms. The van der Waals surface area contributed by atoms with Gasteiger partial charge >= 0.3 is 0 Å². The number of hydrogen-bond acceptors (Lipinski definition) is 6. The number of hydrogen-bond donors (Lipinski definition) is 2. The number of benzene rings is 1. The van der Waals surface area contributed by atoms with Gasteiger partial charge in [0.05, 0.1) is 28.4 Å². The first-order valence-corrected chi connectivity index (χ1v) is 10.5. The van der Waals surface area contributed by atoms with Gasteiger partial charge in [-0.25, -0.2) is 4.98 Å². The van der Waals surface area contributed by atoms with Crippen LogP contribution in [0.5, 0.6) is 0 Å². The Kier molecular flexibility index (Phi) is 4.16. The Balaban J connectivity index is 1.65. The van der Waals surface area contributed by atoms with E-state index in [2.05, 4.69) is 15.0 Å². The second-order valence-electron chi connectivity index (χ2n) is 7.93. The van der Waals surface area contributed by atoms with Crippen molar-refractivity contribution in [2.75, 3.05) is 9.80 Å². The molecule has 0 unspecified atom stereocenters. The Morgan fingerprint density at radius 3 is 2.18 bits per heavy atom. The van der Waals surface area contributed by atoms with E-state index >= 15 is 0 Å². The van der Waals surface area contributed by atoms with Crippen molar-refractivity contribution in [3.8, 4) is 0 Å². The molecular formula is C26H19N7. The molecule has 0 radical (unpaired) electrons. The molecule has 1 aromatic carbocycles. The minimum absolute atomic E-state index is 0.294. The van der Waals surface area contributed by atoms with E-state index in [0.29, 0.717) is 34.2 Å². The van der Waals surface area contributed by atoms with Gasteiger partial charge in [-0.3, -0.25) is 30.6 Å². The summed E-state index contributed by atoms with van der Waals surface area (Å²) in [7, 11) is 0. The van der Waals surface area contributed by atoms with Crippen molar-refractivity contribution in [1.29, 1.82) is 10.8 Å². The highest BCUT2D eigenvalue weighted by Gasteiger charge is 2.40. The summed E-state index contributed by atoms with van der Waals surface area (Å²) >= 11 is 0. The smallest absolute Gasteiger partial charge is 0.140 e. The summed E-state index contributed by atoms with van der Waals surface area (Å²) < 4.78 is 0. The average molecular weight is 429 g/mol. The van der Waals surface area contributed by atoms with E-state index in [-0.39, 0.29) is 0 Å². The predicted molar refractivity (Wildman–Crippen MR) is 130 cm³/mol. The summed E-state index contributed by atoms with van der Waals surface area (Å²) in [5.41, 5.74) is 6.72. The first-order chi connectivity index (χ1) is 16.1. The third-order valence-corrected chi connectivity index (χ3v) is 5.92. The highest BCUT2D eigenvalue weighted by Crippen LogP contribution is 2.48. The van der Waals surface area contributed by atoms with Gasteiger partial charge in [-0.1, -0.05) is 18.2 Å². The van der Waals surface area contributed by atoms with Gasteiger partial charge < -0.3 is 0 Å². The van der Waals surface area contributed by atoms with Crippen molar-refractivity contribution < 1.29 is 0 Å². The quantitative estimate of drug-likeness (QED) is 0.455. The number of allylic oxidation sites excluding steroid dienone is 1. The number of amidine groups is 1. The van der Waals surface area contributed by atoms with E-state index in [1.807, 2.05) is 71.3 Å². The van der Waals surface area contributed by atoms with Gasteiger partial charge in [0.25, 0.3) is 0 Å². The second-order valence-corrected chi connectivity index (χ2v) is 7.93. The molecule has 2 N–H and O–H groups in total. The molecule has 0 fully saturated rings. The number of nitrogens with zero attached hydrogens (tertiary/aromatic N) is 5. The van der Waals surface area contributed by atoms with Crippen LogP contribution in [-0.4, -0.2) is 26.5 Å². The van der Waals surface area contributed by atoms with Crippen molar-refractivity contribution in [2.45, 2.75) is 6.92 Å². The van der Waals surface area contributed by atoms with Crippen LogP contribution in [0, 0.1) is 17.7 Å². The number of nitrogens with one attached hydrogen (secondary N) is 2. The van der Waals surface area contributed by atoms with Crippen LogP contribution in [-0.2, 0) is 0 Å². The molecule has 0 aliphatic carbocycles. The minimum Gasteiger partial charge on any atom is -0.298 e. The number of fused-ring (bicyclic) bond motifs is 2. The maximum Gasteiger partial charge on any atom is 0.140 e. The second kappa shape index (κ2) is 7.20. The van der Waals surface area contributed by atoms with E-state index in [0.717, 1.165) is 28.2 Å². The lowest BCUT2D eigenvalue weighted by Gasteiger charge is -2.23. The van der Waals surface area contributed by atoms with Gasteiger partial charge in [0.2, 0.25) is 0 Å². The van der Waals surface area contributed by atoms with E-state index < -0.39 is 0 Å². The number of aryl methyl sites for hydroxylation is 1. The number of para-hydroxylation sites is 1. The molecule has 0 saturated heterocycles. The molecule has 7 nitrogen and oxygen atoms in total. The Morgan fingerprint density at radius 1 is 0.758 bits per heavy atom. The molecule has 5 heterocycles. The van der Waals surface area contributed by atoms with Crippen molar-refractivity contribution in [3.63, 3.8) is 0 Å². The zero-order chi connectivity index (χ0) is 22.5. The molecule has 0 amide bonds. The molecule has 33 heavy (non-hydrogen) atoms. The van der Waals surface area contributed by atoms with Gasteiger partial charge in [0, 0.05) is 47.8 Å². The Labute approximate surface area is 190 Å². The standard InChI is InChI=1S/C26H19N7/c1-16-7-12-31-22(13-16)33-21-9-11-30-15-19(21)24(27)25(33)23-18-14-29-10-8-20(18)32(26(23)28)17-5-3-2-4-6-17/h2-15,27-28H,1H3/b25-23+,27-24?,28-26?. The zero-order valence-electron chi connectivity index (χ0n) is 17.8. The molecule has 0 atom stereocenters. The maximum atomic E-state index is 9.22. The number of rotatable bonds is 2. The van der Waals surface area contributed by atoms with Crippen molar-refractivity contribution in [3.05, 3.63) is 108 Å². The topological polar surface area (TPSA) is 92.9 Å². The first kappa shape index (κ1) is 19.1. The molecule has 2 aliphatic rings. The van der Waals surface area contributed by atoms with Crippen molar-refractivity contribution in [2.24, 2.45) is 0 Å². The van der Waals surface area contributed by atoms with Crippen LogP contribution in [0.4, 0.5) is 22.9 Å². The highest BCUT2D eigenvalue weighted by atomic mass is 15.3. The number of aromatic nitrogens is 3. The Bertz CT molecular complexity index is 1470. The summed E-state index contributed by atoms with van der Waals surface area (Å²) in [5.74, 6) is 0.992. The molecule has 0 spiro atoms. The van der Waals surface area contributed by atoms with Gasteiger partial charge in [-0.2, -0.15) is 0 Å². The lowest BCUT2D eigenvalue weighted by molar-refractivity contribution is 1.15.